The molecule has 3 unspecified atom stereocenters. The minimum atomic E-state index is 0.311. The zero-order chi connectivity index (χ0) is 11.2. The van der Waals surface area contributed by atoms with Crippen molar-refractivity contribution < 1.29 is 4.79 Å². The molecule has 0 amide bonds. The largest absolute Gasteiger partial charge is 0.295 e. The molecule has 3 atom stereocenters. The Kier molecular flexibility index (Phi) is 2.17. The molecule has 1 heteroatoms. The third-order valence-electron chi connectivity index (χ3n) is 4.56. The highest BCUT2D eigenvalue weighted by molar-refractivity contribution is 5.92. The van der Waals surface area contributed by atoms with E-state index in [2.05, 4.69) is 31.2 Å². The topological polar surface area (TPSA) is 17.1 Å². The molecule has 0 aromatic rings. The van der Waals surface area contributed by atoms with Crippen molar-refractivity contribution in [3.8, 4) is 0 Å². The van der Waals surface area contributed by atoms with Crippen molar-refractivity contribution in [3.63, 3.8) is 0 Å². The monoisotopic (exact) mass is 214 g/mol. The molecule has 3 aliphatic rings. The van der Waals surface area contributed by atoms with Gasteiger partial charge in [-0.2, -0.15) is 0 Å². The van der Waals surface area contributed by atoms with Gasteiger partial charge >= 0.3 is 0 Å². The summed E-state index contributed by atoms with van der Waals surface area (Å²) in [5, 5.41) is 0. The highest BCUT2D eigenvalue weighted by Gasteiger charge is 2.42. The van der Waals surface area contributed by atoms with Gasteiger partial charge in [-0.15, -0.1) is 0 Å². The van der Waals surface area contributed by atoms with Gasteiger partial charge in [0.15, 0.2) is 5.78 Å². The first kappa shape index (κ1) is 10.1. The zero-order valence-corrected chi connectivity index (χ0v) is 9.78. The van der Waals surface area contributed by atoms with Gasteiger partial charge in [0.25, 0.3) is 0 Å². The molecule has 0 aromatic carbocycles. The fraction of sp³-hybridized carbons (Fsp3) is 0.533. The van der Waals surface area contributed by atoms with Gasteiger partial charge < -0.3 is 0 Å². The third-order valence-corrected chi connectivity index (χ3v) is 4.56. The number of rotatable bonds is 0. The number of hydrogen-bond acceptors (Lipinski definition) is 1. The standard InChI is InChI=1S/C15H18O/c1-15-8-3-2-4-14(15)13-6-5-12(16)10-11(13)7-9-15/h2-3,7,9-10,13-14H,4-6,8H2,1H3. The molecule has 0 radical (unpaired) electrons. The first-order chi connectivity index (χ1) is 7.69. The van der Waals surface area contributed by atoms with E-state index in [0.717, 1.165) is 19.3 Å². The third kappa shape index (κ3) is 1.41. The second kappa shape index (κ2) is 3.44. The average molecular weight is 214 g/mol. The van der Waals surface area contributed by atoms with Crippen LogP contribution in [0.25, 0.3) is 0 Å². The summed E-state index contributed by atoms with van der Waals surface area (Å²) in [7, 11) is 0. The van der Waals surface area contributed by atoms with Crippen LogP contribution in [0.1, 0.15) is 32.6 Å². The molecule has 3 aliphatic carbocycles. The Morgan fingerprint density at radius 1 is 1.38 bits per heavy atom. The van der Waals surface area contributed by atoms with Gasteiger partial charge in [-0.3, -0.25) is 4.79 Å². The van der Waals surface area contributed by atoms with Crippen LogP contribution in [0, 0.1) is 17.3 Å². The molecule has 0 aromatic heterocycles. The first-order valence-electron chi connectivity index (χ1n) is 6.28. The molecule has 16 heavy (non-hydrogen) atoms. The van der Waals surface area contributed by atoms with Crippen LogP contribution in [-0.2, 0) is 4.79 Å². The van der Waals surface area contributed by atoms with Crippen LogP contribution in [0.3, 0.4) is 0 Å². The molecule has 0 saturated carbocycles. The normalized spacial score (nSPS) is 41.3. The van der Waals surface area contributed by atoms with Crippen molar-refractivity contribution in [2.45, 2.75) is 32.6 Å². The van der Waals surface area contributed by atoms with Crippen LogP contribution in [0.2, 0.25) is 0 Å². The Labute approximate surface area is 96.9 Å². The molecule has 0 N–H and O–H groups in total. The van der Waals surface area contributed by atoms with Crippen molar-refractivity contribution in [1.29, 1.82) is 0 Å². The highest BCUT2D eigenvalue weighted by Crippen LogP contribution is 2.51. The Balaban J connectivity index is 2.02. The minimum absolute atomic E-state index is 0.311. The van der Waals surface area contributed by atoms with Gasteiger partial charge in [0, 0.05) is 6.42 Å². The second-order valence-electron chi connectivity index (χ2n) is 5.61. The summed E-state index contributed by atoms with van der Waals surface area (Å²) >= 11 is 0. The lowest BCUT2D eigenvalue weighted by Gasteiger charge is -2.46. The van der Waals surface area contributed by atoms with E-state index in [1.807, 2.05) is 6.08 Å². The summed E-state index contributed by atoms with van der Waals surface area (Å²) in [4.78, 5) is 11.4. The Morgan fingerprint density at radius 3 is 3.12 bits per heavy atom. The Hall–Kier alpha value is -1.11. The summed E-state index contributed by atoms with van der Waals surface area (Å²) in [6.07, 6.45) is 15.2. The molecular weight excluding hydrogens is 196 g/mol. The van der Waals surface area contributed by atoms with E-state index in [0.29, 0.717) is 23.0 Å². The van der Waals surface area contributed by atoms with Crippen LogP contribution < -0.4 is 0 Å². The molecule has 84 valence electrons. The average Bonchev–Trinajstić information content (AvgIpc) is 2.28. The van der Waals surface area contributed by atoms with Gasteiger partial charge in [-0.25, -0.2) is 0 Å². The van der Waals surface area contributed by atoms with Gasteiger partial charge in [0.05, 0.1) is 0 Å². The first-order valence-corrected chi connectivity index (χ1v) is 6.28. The number of carbonyl (C=O) groups is 1. The number of hydrogen-bond donors (Lipinski definition) is 0. The lowest BCUT2D eigenvalue weighted by molar-refractivity contribution is -0.115. The van der Waals surface area contributed by atoms with Gasteiger partial charge in [-0.05, 0) is 48.2 Å². The number of fused-ring (bicyclic) bond motifs is 3. The van der Waals surface area contributed by atoms with Crippen molar-refractivity contribution in [1.82, 2.24) is 0 Å². The molecular formula is C15H18O. The number of carbonyl (C=O) groups excluding carboxylic acids is 1. The summed E-state index contributed by atoms with van der Waals surface area (Å²) in [5.74, 6) is 1.64. The molecule has 0 fully saturated rings. The van der Waals surface area contributed by atoms with Gasteiger partial charge in [0.1, 0.15) is 0 Å². The molecule has 0 heterocycles. The minimum Gasteiger partial charge on any atom is -0.295 e. The highest BCUT2D eigenvalue weighted by atomic mass is 16.1. The Morgan fingerprint density at radius 2 is 2.25 bits per heavy atom. The smallest absolute Gasteiger partial charge is 0.155 e. The van der Waals surface area contributed by atoms with Crippen molar-refractivity contribution >= 4 is 5.78 Å². The summed E-state index contributed by atoms with van der Waals surface area (Å²) in [6.45, 7) is 2.37. The van der Waals surface area contributed by atoms with Crippen LogP contribution in [0.15, 0.2) is 36.0 Å². The number of allylic oxidation sites excluding steroid dienone is 6. The van der Waals surface area contributed by atoms with E-state index in [9.17, 15) is 4.79 Å². The van der Waals surface area contributed by atoms with E-state index in [1.165, 1.54) is 12.0 Å². The second-order valence-corrected chi connectivity index (χ2v) is 5.61. The lowest BCUT2D eigenvalue weighted by atomic mass is 9.58. The quantitative estimate of drug-likeness (QED) is 0.565. The van der Waals surface area contributed by atoms with E-state index in [4.69, 9.17) is 0 Å². The summed E-state index contributed by atoms with van der Waals surface area (Å²) in [5.41, 5.74) is 1.62. The molecule has 0 saturated heterocycles. The fourth-order valence-electron chi connectivity index (χ4n) is 3.54. The predicted octanol–water partition coefficient (Wildman–Crippen LogP) is 3.43. The summed E-state index contributed by atoms with van der Waals surface area (Å²) in [6, 6.07) is 0. The van der Waals surface area contributed by atoms with Crippen LogP contribution >= 0.6 is 0 Å². The van der Waals surface area contributed by atoms with Crippen LogP contribution in [0.5, 0.6) is 0 Å². The van der Waals surface area contributed by atoms with Crippen molar-refractivity contribution in [2.75, 3.05) is 0 Å². The zero-order valence-electron chi connectivity index (χ0n) is 9.78. The van der Waals surface area contributed by atoms with E-state index < -0.39 is 0 Å². The molecule has 0 spiro atoms. The van der Waals surface area contributed by atoms with Gasteiger partial charge in [0.2, 0.25) is 0 Å². The van der Waals surface area contributed by atoms with Crippen molar-refractivity contribution in [2.24, 2.45) is 17.3 Å². The molecule has 0 aliphatic heterocycles. The van der Waals surface area contributed by atoms with E-state index in [1.54, 1.807) is 0 Å². The fourth-order valence-corrected chi connectivity index (χ4v) is 3.54. The van der Waals surface area contributed by atoms with Crippen LogP contribution in [0.4, 0.5) is 0 Å². The molecule has 0 bridgehead atoms. The number of ketones is 1. The Bertz CT molecular complexity index is 413. The van der Waals surface area contributed by atoms with Crippen molar-refractivity contribution in [3.05, 3.63) is 36.0 Å². The van der Waals surface area contributed by atoms with Gasteiger partial charge in [-0.1, -0.05) is 31.2 Å². The summed E-state index contributed by atoms with van der Waals surface area (Å²) < 4.78 is 0. The SMILES string of the molecule is CC12C=CC3=CC(=O)CCC3C1CC=CC2. The van der Waals surface area contributed by atoms with E-state index >= 15 is 0 Å². The molecule has 1 nitrogen and oxygen atoms in total. The maximum absolute atomic E-state index is 11.4. The maximum atomic E-state index is 11.4. The predicted molar refractivity (Wildman–Crippen MR) is 64.9 cm³/mol. The maximum Gasteiger partial charge on any atom is 0.155 e. The van der Waals surface area contributed by atoms with Crippen LogP contribution in [-0.4, -0.2) is 5.78 Å². The van der Waals surface area contributed by atoms with E-state index in [-0.39, 0.29) is 0 Å². The molecule has 3 rings (SSSR count). The lowest BCUT2D eigenvalue weighted by Crippen LogP contribution is -2.37.